The minimum atomic E-state index is -0.975. The summed E-state index contributed by atoms with van der Waals surface area (Å²) in [5, 5.41) is 19.7. The number of anilines is 1. The lowest BCUT2D eigenvalue weighted by Crippen LogP contribution is -2.31. The number of piperidine rings is 1. The van der Waals surface area contributed by atoms with E-state index in [1.165, 1.54) is 25.1 Å². The van der Waals surface area contributed by atoms with Gasteiger partial charge in [0, 0.05) is 6.54 Å². The van der Waals surface area contributed by atoms with E-state index in [-0.39, 0.29) is 5.56 Å². The van der Waals surface area contributed by atoms with Crippen LogP contribution in [0, 0.1) is 5.92 Å². The number of hydrogen-bond donors (Lipinski definition) is 2. The van der Waals surface area contributed by atoms with Gasteiger partial charge in [0.1, 0.15) is 5.56 Å². The predicted molar refractivity (Wildman–Crippen MR) is 72.3 cm³/mol. The first-order valence-corrected chi connectivity index (χ1v) is 6.64. The highest BCUT2D eigenvalue weighted by Gasteiger charge is 2.17. The Morgan fingerprint density at radius 2 is 2.26 bits per heavy atom. The molecule has 2 N–H and O–H groups in total. The van der Waals surface area contributed by atoms with E-state index in [9.17, 15) is 4.79 Å². The molecular formula is C13H20N4O2. The number of aromatic carboxylic acids is 1. The third kappa shape index (κ3) is 3.89. The fraction of sp³-hybridized carbons (Fsp3) is 0.615. The topological polar surface area (TPSA) is 78.3 Å². The highest BCUT2D eigenvalue weighted by Crippen LogP contribution is 2.19. The van der Waals surface area contributed by atoms with Crippen molar-refractivity contribution in [2.24, 2.45) is 5.92 Å². The summed E-state index contributed by atoms with van der Waals surface area (Å²) in [5.74, 6) is 0.105. The van der Waals surface area contributed by atoms with Crippen LogP contribution in [0.5, 0.6) is 0 Å². The molecule has 0 radical (unpaired) electrons. The number of nitrogens with zero attached hydrogens (tertiary/aromatic N) is 3. The van der Waals surface area contributed by atoms with Gasteiger partial charge in [-0.25, -0.2) is 4.79 Å². The lowest BCUT2D eigenvalue weighted by atomic mass is 9.94. The highest BCUT2D eigenvalue weighted by molar-refractivity contribution is 5.92. The van der Waals surface area contributed by atoms with Crippen LogP contribution in [-0.2, 0) is 0 Å². The van der Waals surface area contributed by atoms with Crippen molar-refractivity contribution in [2.75, 3.05) is 32.0 Å². The van der Waals surface area contributed by atoms with Gasteiger partial charge in [0.25, 0.3) is 0 Å². The molecule has 0 bridgehead atoms. The van der Waals surface area contributed by atoms with Gasteiger partial charge >= 0.3 is 5.97 Å². The van der Waals surface area contributed by atoms with E-state index in [1.807, 2.05) is 0 Å². The number of nitrogens with one attached hydrogen (secondary N) is 1. The van der Waals surface area contributed by atoms with Crippen molar-refractivity contribution in [3.63, 3.8) is 0 Å². The molecule has 1 aliphatic heterocycles. The summed E-state index contributed by atoms with van der Waals surface area (Å²) < 4.78 is 0. The quantitative estimate of drug-likeness (QED) is 0.835. The molecule has 0 spiro atoms. The van der Waals surface area contributed by atoms with Crippen molar-refractivity contribution >= 4 is 11.8 Å². The average Bonchev–Trinajstić information content (AvgIpc) is 2.41. The van der Waals surface area contributed by atoms with Gasteiger partial charge in [-0.05, 0) is 51.4 Å². The second-order valence-electron chi connectivity index (χ2n) is 5.06. The molecule has 1 aliphatic rings. The molecule has 0 aromatic carbocycles. The summed E-state index contributed by atoms with van der Waals surface area (Å²) in [6.07, 6.45) is 4.87. The standard InChI is InChI=1S/C13H20N4O2/c1-17-8-4-10(5-9-17)2-6-14-12-11(13(18)19)3-7-15-16-12/h3,7,10H,2,4-6,8-9H2,1H3,(H,14,16)(H,18,19). The van der Waals surface area contributed by atoms with Gasteiger partial charge in [-0.1, -0.05) is 0 Å². The van der Waals surface area contributed by atoms with E-state index in [0.717, 1.165) is 26.1 Å². The molecule has 104 valence electrons. The summed E-state index contributed by atoms with van der Waals surface area (Å²) in [7, 11) is 2.15. The van der Waals surface area contributed by atoms with E-state index < -0.39 is 5.97 Å². The van der Waals surface area contributed by atoms with Crippen LogP contribution in [0.1, 0.15) is 29.6 Å². The van der Waals surface area contributed by atoms with E-state index in [4.69, 9.17) is 5.11 Å². The molecule has 0 atom stereocenters. The maximum Gasteiger partial charge on any atom is 0.339 e. The van der Waals surface area contributed by atoms with E-state index in [0.29, 0.717) is 11.7 Å². The zero-order valence-corrected chi connectivity index (χ0v) is 11.2. The molecule has 1 fully saturated rings. The van der Waals surface area contributed by atoms with Gasteiger partial charge in [-0.3, -0.25) is 0 Å². The fourth-order valence-corrected chi connectivity index (χ4v) is 2.38. The molecule has 1 aromatic heterocycles. The SMILES string of the molecule is CN1CCC(CCNc2nnccc2C(=O)O)CC1. The van der Waals surface area contributed by atoms with Gasteiger partial charge in [-0.15, -0.1) is 5.10 Å². The second-order valence-corrected chi connectivity index (χ2v) is 5.06. The smallest absolute Gasteiger partial charge is 0.339 e. The number of carboxylic acids is 1. The van der Waals surface area contributed by atoms with E-state index in [2.05, 4.69) is 27.5 Å². The van der Waals surface area contributed by atoms with Crippen LogP contribution in [0.2, 0.25) is 0 Å². The third-order valence-corrected chi connectivity index (χ3v) is 3.63. The average molecular weight is 264 g/mol. The molecule has 19 heavy (non-hydrogen) atoms. The lowest BCUT2D eigenvalue weighted by Gasteiger charge is -2.28. The second kappa shape index (κ2) is 6.47. The van der Waals surface area contributed by atoms with Crippen molar-refractivity contribution in [1.29, 1.82) is 0 Å². The molecule has 0 saturated carbocycles. The monoisotopic (exact) mass is 264 g/mol. The lowest BCUT2D eigenvalue weighted by molar-refractivity contribution is 0.0697. The van der Waals surface area contributed by atoms with Gasteiger partial charge in [0.2, 0.25) is 0 Å². The Morgan fingerprint density at radius 3 is 2.95 bits per heavy atom. The fourth-order valence-electron chi connectivity index (χ4n) is 2.38. The molecule has 1 saturated heterocycles. The molecule has 0 aliphatic carbocycles. The van der Waals surface area contributed by atoms with Crippen LogP contribution in [0.4, 0.5) is 5.82 Å². The zero-order chi connectivity index (χ0) is 13.7. The number of carbonyl (C=O) groups is 1. The summed E-state index contributed by atoms with van der Waals surface area (Å²) in [4.78, 5) is 13.4. The summed E-state index contributed by atoms with van der Waals surface area (Å²) in [6, 6.07) is 1.47. The molecule has 0 amide bonds. The summed E-state index contributed by atoms with van der Waals surface area (Å²) >= 11 is 0. The van der Waals surface area contributed by atoms with Crippen LogP contribution in [0.3, 0.4) is 0 Å². The summed E-state index contributed by atoms with van der Waals surface area (Å²) in [6.45, 7) is 3.04. The van der Waals surface area contributed by atoms with E-state index >= 15 is 0 Å². The molecule has 1 aromatic rings. The highest BCUT2D eigenvalue weighted by atomic mass is 16.4. The number of aromatic nitrogens is 2. The minimum absolute atomic E-state index is 0.179. The van der Waals surface area contributed by atoms with Crippen molar-refractivity contribution < 1.29 is 9.90 Å². The normalized spacial score (nSPS) is 17.3. The van der Waals surface area contributed by atoms with E-state index in [1.54, 1.807) is 0 Å². The van der Waals surface area contributed by atoms with Crippen LogP contribution in [0.15, 0.2) is 12.3 Å². The Labute approximate surface area is 112 Å². The predicted octanol–water partition coefficient (Wildman–Crippen LogP) is 1.32. The van der Waals surface area contributed by atoms with Crippen LogP contribution >= 0.6 is 0 Å². The largest absolute Gasteiger partial charge is 0.478 e. The van der Waals surface area contributed by atoms with Crippen molar-refractivity contribution in [2.45, 2.75) is 19.3 Å². The van der Waals surface area contributed by atoms with Gasteiger partial charge in [-0.2, -0.15) is 5.10 Å². The Hall–Kier alpha value is -1.69. The zero-order valence-electron chi connectivity index (χ0n) is 11.2. The first-order valence-electron chi connectivity index (χ1n) is 6.64. The van der Waals surface area contributed by atoms with Crippen molar-refractivity contribution in [3.05, 3.63) is 17.8 Å². The Morgan fingerprint density at radius 1 is 1.53 bits per heavy atom. The van der Waals surface area contributed by atoms with Crippen LogP contribution < -0.4 is 5.32 Å². The first-order chi connectivity index (χ1) is 9.16. The summed E-state index contributed by atoms with van der Waals surface area (Å²) in [5.41, 5.74) is 0.179. The van der Waals surface area contributed by atoms with Crippen molar-refractivity contribution in [1.82, 2.24) is 15.1 Å². The number of likely N-dealkylation sites (tertiary alicyclic amines) is 1. The van der Waals surface area contributed by atoms with Crippen LogP contribution in [-0.4, -0.2) is 52.9 Å². The molecule has 2 heterocycles. The number of hydrogen-bond acceptors (Lipinski definition) is 5. The molecular weight excluding hydrogens is 244 g/mol. The number of carboxylic acid groups (broad SMARTS) is 1. The first kappa shape index (κ1) is 13.7. The Bertz CT molecular complexity index is 430. The molecule has 6 nitrogen and oxygen atoms in total. The Kier molecular flexibility index (Phi) is 4.68. The van der Waals surface area contributed by atoms with Crippen molar-refractivity contribution in [3.8, 4) is 0 Å². The third-order valence-electron chi connectivity index (χ3n) is 3.63. The minimum Gasteiger partial charge on any atom is -0.478 e. The van der Waals surface area contributed by atoms with Gasteiger partial charge in [0.05, 0.1) is 6.20 Å². The number of rotatable bonds is 5. The Balaban J connectivity index is 1.81. The molecule has 2 rings (SSSR count). The van der Waals surface area contributed by atoms with Gasteiger partial charge < -0.3 is 15.3 Å². The molecule has 6 heteroatoms. The maximum atomic E-state index is 11.0. The van der Waals surface area contributed by atoms with Gasteiger partial charge in [0.15, 0.2) is 5.82 Å². The molecule has 0 unspecified atom stereocenters. The maximum absolute atomic E-state index is 11.0. The van der Waals surface area contributed by atoms with Crippen LogP contribution in [0.25, 0.3) is 0 Å².